The molecule has 0 fully saturated rings. The molecular formula is C11H14O2. The quantitative estimate of drug-likeness (QED) is 0.620. The van der Waals surface area contributed by atoms with Crippen molar-refractivity contribution in [1.82, 2.24) is 0 Å². The molecule has 1 atom stereocenters. The molecule has 1 rings (SSSR count). The van der Waals surface area contributed by atoms with Crippen molar-refractivity contribution < 1.29 is 9.59 Å². The van der Waals surface area contributed by atoms with Crippen LogP contribution in [0.3, 0.4) is 0 Å². The van der Waals surface area contributed by atoms with E-state index in [2.05, 4.69) is 6.58 Å². The van der Waals surface area contributed by atoms with Crippen molar-refractivity contribution >= 4 is 12.1 Å². The van der Waals surface area contributed by atoms with Crippen LogP contribution in [0, 0.1) is 5.92 Å². The van der Waals surface area contributed by atoms with Crippen LogP contribution in [0.15, 0.2) is 23.8 Å². The second-order valence-corrected chi connectivity index (χ2v) is 3.40. The fourth-order valence-corrected chi connectivity index (χ4v) is 1.65. The van der Waals surface area contributed by atoms with Crippen molar-refractivity contribution in [1.29, 1.82) is 0 Å². The Morgan fingerprint density at radius 1 is 1.69 bits per heavy atom. The van der Waals surface area contributed by atoms with Gasteiger partial charge in [-0.2, -0.15) is 0 Å². The predicted molar refractivity (Wildman–Crippen MR) is 51.3 cm³/mol. The fraction of sp³-hybridized carbons (Fsp3) is 0.455. The van der Waals surface area contributed by atoms with E-state index < -0.39 is 0 Å². The number of Topliss-reactive ketones (excluding diaryl/α,β-unsaturated/α-hetero) is 1. The molecule has 13 heavy (non-hydrogen) atoms. The normalized spacial score (nSPS) is 22.8. The van der Waals surface area contributed by atoms with E-state index in [4.69, 9.17) is 0 Å². The average molecular weight is 178 g/mol. The third-order valence-electron chi connectivity index (χ3n) is 2.28. The summed E-state index contributed by atoms with van der Waals surface area (Å²) in [5, 5.41) is 0. The highest BCUT2D eigenvalue weighted by atomic mass is 16.1. The lowest BCUT2D eigenvalue weighted by Gasteiger charge is -2.19. The summed E-state index contributed by atoms with van der Waals surface area (Å²) in [4.78, 5) is 22.2. The van der Waals surface area contributed by atoms with Crippen LogP contribution in [0.1, 0.15) is 26.2 Å². The summed E-state index contributed by atoms with van der Waals surface area (Å²) in [6.07, 6.45) is 4.63. The first-order chi connectivity index (χ1) is 6.19. The third kappa shape index (κ3) is 2.14. The van der Waals surface area contributed by atoms with Crippen LogP contribution in [0.25, 0.3) is 0 Å². The average Bonchev–Trinajstić information content (AvgIpc) is 2.09. The Kier molecular flexibility index (Phi) is 3.18. The zero-order valence-electron chi connectivity index (χ0n) is 7.88. The van der Waals surface area contributed by atoms with Crippen LogP contribution < -0.4 is 0 Å². The molecule has 0 amide bonds. The van der Waals surface area contributed by atoms with Gasteiger partial charge in [0.25, 0.3) is 0 Å². The van der Waals surface area contributed by atoms with Crippen LogP contribution in [0.4, 0.5) is 0 Å². The van der Waals surface area contributed by atoms with E-state index in [0.717, 1.165) is 24.7 Å². The molecule has 0 aromatic carbocycles. The molecule has 0 heterocycles. The molecule has 0 aliphatic heterocycles. The minimum Gasteiger partial charge on any atom is -0.299 e. The first-order valence-corrected chi connectivity index (χ1v) is 4.56. The highest BCUT2D eigenvalue weighted by Gasteiger charge is 2.25. The van der Waals surface area contributed by atoms with Crippen LogP contribution >= 0.6 is 0 Å². The summed E-state index contributed by atoms with van der Waals surface area (Å²) in [6, 6.07) is 0. The van der Waals surface area contributed by atoms with Gasteiger partial charge < -0.3 is 0 Å². The number of rotatable bonds is 3. The van der Waals surface area contributed by atoms with Crippen LogP contribution in [0.5, 0.6) is 0 Å². The first-order valence-electron chi connectivity index (χ1n) is 4.56. The van der Waals surface area contributed by atoms with Crippen LogP contribution in [0.2, 0.25) is 0 Å². The molecule has 0 bridgehead atoms. The van der Waals surface area contributed by atoms with E-state index in [0.29, 0.717) is 12.0 Å². The number of hydrogen-bond donors (Lipinski definition) is 0. The number of hydrogen-bond acceptors (Lipinski definition) is 2. The molecule has 70 valence electrons. The van der Waals surface area contributed by atoms with Crippen LogP contribution in [-0.4, -0.2) is 12.1 Å². The molecule has 0 spiro atoms. The van der Waals surface area contributed by atoms with E-state index in [-0.39, 0.29) is 11.7 Å². The Morgan fingerprint density at radius 2 is 2.38 bits per heavy atom. The maximum atomic E-state index is 11.5. The monoisotopic (exact) mass is 178 g/mol. The highest BCUT2D eigenvalue weighted by molar-refractivity contribution is 5.95. The fourth-order valence-electron chi connectivity index (χ4n) is 1.65. The van der Waals surface area contributed by atoms with Gasteiger partial charge in [0.05, 0.1) is 0 Å². The lowest BCUT2D eigenvalue weighted by Crippen LogP contribution is -2.21. The molecule has 2 nitrogen and oxygen atoms in total. The van der Waals surface area contributed by atoms with Crippen molar-refractivity contribution in [2.75, 3.05) is 0 Å². The van der Waals surface area contributed by atoms with Gasteiger partial charge in [0.1, 0.15) is 12.1 Å². The first kappa shape index (κ1) is 9.90. The van der Waals surface area contributed by atoms with Gasteiger partial charge >= 0.3 is 0 Å². The van der Waals surface area contributed by atoms with Gasteiger partial charge in [-0.25, -0.2) is 0 Å². The molecule has 0 aromatic heterocycles. The molecule has 0 saturated heterocycles. The summed E-state index contributed by atoms with van der Waals surface area (Å²) < 4.78 is 0. The van der Waals surface area contributed by atoms with Gasteiger partial charge in [0.15, 0.2) is 0 Å². The largest absolute Gasteiger partial charge is 0.299 e. The summed E-state index contributed by atoms with van der Waals surface area (Å²) in [6.45, 7) is 5.71. The van der Waals surface area contributed by atoms with Gasteiger partial charge in [-0.3, -0.25) is 9.59 Å². The molecule has 1 aliphatic carbocycles. The van der Waals surface area contributed by atoms with Crippen LogP contribution in [-0.2, 0) is 9.59 Å². The molecule has 0 aromatic rings. The van der Waals surface area contributed by atoms with E-state index in [1.165, 1.54) is 0 Å². The number of ketones is 1. The van der Waals surface area contributed by atoms with Gasteiger partial charge in [0.2, 0.25) is 0 Å². The second kappa shape index (κ2) is 4.17. The Balaban J connectivity index is 2.90. The summed E-state index contributed by atoms with van der Waals surface area (Å²) >= 11 is 0. The molecular weight excluding hydrogens is 164 g/mol. The Bertz CT molecular complexity index is 274. The predicted octanol–water partition coefficient (Wildman–Crippen LogP) is 2.06. The van der Waals surface area contributed by atoms with E-state index in [9.17, 15) is 9.59 Å². The second-order valence-electron chi connectivity index (χ2n) is 3.40. The van der Waals surface area contributed by atoms with Gasteiger partial charge in [0, 0.05) is 17.9 Å². The topological polar surface area (TPSA) is 34.1 Å². The smallest absolute Gasteiger partial charge is 0.146 e. The van der Waals surface area contributed by atoms with E-state index >= 15 is 0 Å². The summed E-state index contributed by atoms with van der Waals surface area (Å²) in [5.74, 6) is -0.0375. The third-order valence-corrected chi connectivity index (χ3v) is 2.28. The summed E-state index contributed by atoms with van der Waals surface area (Å²) in [7, 11) is 0. The number of carbonyl (C=O) groups excluding carboxylic acids is 2. The number of aldehydes is 1. The zero-order valence-corrected chi connectivity index (χ0v) is 7.88. The van der Waals surface area contributed by atoms with Crippen molar-refractivity contribution in [3.63, 3.8) is 0 Å². The highest BCUT2D eigenvalue weighted by Crippen LogP contribution is 2.26. The maximum Gasteiger partial charge on any atom is 0.146 e. The van der Waals surface area contributed by atoms with Crippen molar-refractivity contribution in [3.8, 4) is 0 Å². The lowest BCUT2D eigenvalue weighted by atomic mass is 9.82. The maximum absolute atomic E-state index is 11.5. The van der Waals surface area contributed by atoms with Crippen molar-refractivity contribution in [2.45, 2.75) is 26.2 Å². The van der Waals surface area contributed by atoms with Crippen molar-refractivity contribution in [2.24, 2.45) is 5.92 Å². The summed E-state index contributed by atoms with van der Waals surface area (Å²) in [5.41, 5.74) is 1.35. The zero-order chi connectivity index (χ0) is 9.84. The van der Waals surface area contributed by atoms with Gasteiger partial charge in [-0.1, -0.05) is 26.0 Å². The molecule has 0 N–H and O–H groups in total. The minimum absolute atomic E-state index is 0.136. The Labute approximate surface area is 78.3 Å². The Hall–Kier alpha value is -1.18. The van der Waals surface area contributed by atoms with Gasteiger partial charge in [-0.05, 0) is 12.0 Å². The molecule has 1 unspecified atom stereocenters. The van der Waals surface area contributed by atoms with Gasteiger partial charge in [-0.15, -0.1) is 0 Å². The standard InChI is InChI=1S/C11H14O2/c1-3-4-10-9(7-12)5-8(2)6-11(10)13/h5,7,10H,2-4,6H2,1H3. The van der Waals surface area contributed by atoms with Crippen molar-refractivity contribution in [3.05, 3.63) is 23.8 Å². The molecule has 1 aliphatic rings. The SMILES string of the molecule is C=C1C=C(C=O)C(CCC)C(=O)C1. The Morgan fingerprint density at radius 3 is 2.92 bits per heavy atom. The molecule has 0 saturated carbocycles. The number of carbonyl (C=O) groups is 2. The molecule has 2 heteroatoms. The lowest BCUT2D eigenvalue weighted by molar-refractivity contribution is -0.122. The van der Waals surface area contributed by atoms with E-state index in [1.54, 1.807) is 6.08 Å². The number of allylic oxidation sites excluding steroid dienone is 3. The minimum atomic E-state index is -0.173. The van der Waals surface area contributed by atoms with E-state index in [1.807, 2.05) is 6.92 Å². The molecule has 0 radical (unpaired) electrons.